The second-order valence-electron chi connectivity index (χ2n) is 7.07. The van der Waals surface area contributed by atoms with E-state index in [0.717, 1.165) is 63.8 Å². The summed E-state index contributed by atoms with van der Waals surface area (Å²) in [6.07, 6.45) is 3.36. The average Bonchev–Trinajstić information content (AvgIpc) is 3.15. The third-order valence-electron chi connectivity index (χ3n) is 5.31. The standard InChI is InChI=1S/C20H32N4OS/c1-3-26-20(10-13-25-14-11-20)16-22-19(21-2)23-17-9-12-24(15-17)18-7-5-4-6-8-18/h4-8,17H,3,9-16H2,1-2H3,(H2,21,22,23). The van der Waals surface area contributed by atoms with Gasteiger partial charge in [0.05, 0.1) is 0 Å². The second-order valence-corrected chi connectivity index (χ2v) is 8.80. The molecule has 0 spiro atoms. The number of thioether (sulfide) groups is 1. The first-order chi connectivity index (χ1) is 12.7. The molecule has 2 heterocycles. The van der Waals surface area contributed by atoms with Crippen molar-refractivity contribution >= 4 is 23.4 Å². The molecule has 1 unspecified atom stereocenters. The monoisotopic (exact) mass is 376 g/mol. The van der Waals surface area contributed by atoms with Gasteiger partial charge in [0.1, 0.15) is 0 Å². The minimum atomic E-state index is 0.274. The van der Waals surface area contributed by atoms with E-state index in [1.807, 2.05) is 7.05 Å². The van der Waals surface area contributed by atoms with Crippen LogP contribution in [-0.2, 0) is 4.74 Å². The normalized spacial score (nSPS) is 23.1. The lowest BCUT2D eigenvalue weighted by molar-refractivity contribution is 0.0782. The zero-order valence-corrected chi connectivity index (χ0v) is 16.9. The molecule has 0 amide bonds. The van der Waals surface area contributed by atoms with Crippen LogP contribution in [-0.4, -0.2) is 62.4 Å². The Bertz CT molecular complexity index is 569. The Morgan fingerprint density at radius 2 is 2.08 bits per heavy atom. The molecule has 6 heteroatoms. The largest absolute Gasteiger partial charge is 0.381 e. The minimum absolute atomic E-state index is 0.274. The summed E-state index contributed by atoms with van der Waals surface area (Å²) in [5, 5.41) is 7.21. The summed E-state index contributed by atoms with van der Waals surface area (Å²) in [5.41, 5.74) is 1.31. The first-order valence-corrected chi connectivity index (χ1v) is 10.7. The summed E-state index contributed by atoms with van der Waals surface area (Å²) in [4.78, 5) is 6.90. The molecule has 1 atom stereocenters. The molecule has 0 aliphatic carbocycles. The molecule has 5 nitrogen and oxygen atoms in total. The first kappa shape index (κ1) is 19.4. The number of nitrogens with one attached hydrogen (secondary N) is 2. The van der Waals surface area contributed by atoms with Crippen molar-refractivity contribution in [3.05, 3.63) is 30.3 Å². The summed E-state index contributed by atoms with van der Waals surface area (Å²) in [5.74, 6) is 2.06. The molecule has 0 aromatic heterocycles. The average molecular weight is 377 g/mol. The molecule has 1 aromatic carbocycles. The number of benzene rings is 1. The summed E-state index contributed by atoms with van der Waals surface area (Å²) in [7, 11) is 1.86. The van der Waals surface area contributed by atoms with E-state index in [4.69, 9.17) is 4.74 Å². The number of hydrogen-bond donors (Lipinski definition) is 2. The van der Waals surface area contributed by atoms with Gasteiger partial charge < -0.3 is 20.3 Å². The Hall–Kier alpha value is -1.40. The third kappa shape index (κ3) is 5.07. The van der Waals surface area contributed by atoms with Gasteiger partial charge in [-0.05, 0) is 37.1 Å². The van der Waals surface area contributed by atoms with Crippen LogP contribution in [0.25, 0.3) is 0 Å². The lowest BCUT2D eigenvalue weighted by Crippen LogP contribution is -2.50. The zero-order valence-electron chi connectivity index (χ0n) is 16.0. The highest BCUT2D eigenvalue weighted by atomic mass is 32.2. The fourth-order valence-electron chi connectivity index (χ4n) is 3.81. The minimum Gasteiger partial charge on any atom is -0.381 e. The number of aliphatic imine (C=N–C) groups is 1. The van der Waals surface area contributed by atoms with Gasteiger partial charge in [-0.15, -0.1) is 0 Å². The highest BCUT2D eigenvalue weighted by Crippen LogP contribution is 2.34. The SMILES string of the molecule is CCSC1(CNC(=NC)NC2CCN(c3ccccc3)C2)CCOCC1. The van der Waals surface area contributed by atoms with Crippen LogP contribution >= 0.6 is 11.8 Å². The first-order valence-electron chi connectivity index (χ1n) is 9.73. The van der Waals surface area contributed by atoms with Crippen LogP contribution < -0.4 is 15.5 Å². The van der Waals surface area contributed by atoms with Gasteiger partial charge in [0.2, 0.25) is 0 Å². The zero-order chi connectivity index (χ0) is 18.2. The Balaban J connectivity index is 1.50. The molecule has 144 valence electrons. The number of para-hydroxylation sites is 1. The number of guanidine groups is 1. The topological polar surface area (TPSA) is 48.9 Å². The molecule has 0 radical (unpaired) electrons. The fraction of sp³-hybridized carbons (Fsp3) is 0.650. The van der Waals surface area contributed by atoms with Crippen molar-refractivity contribution in [1.82, 2.24) is 10.6 Å². The molecule has 0 saturated carbocycles. The van der Waals surface area contributed by atoms with E-state index >= 15 is 0 Å². The van der Waals surface area contributed by atoms with Crippen molar-refractivity contribution < 1.29 is 4.74 Å². The summed E-state index contributed by atoms with van der Waals surface area (Å²) in [6.45, 7) is 7.04. The third-order valence-corrected chi connectivity index (χ3v) is 6.76. The maximum Gasteiger partial charge on any atom is 0.191 e. The van der Waals surface area contributed by atoms with Crippen molar-refractivity contribution in [2.45, 2.75) is 37.0 Å². The quantitative estimate of drug-likeness (QED) is 0.591. The maximum atomic E-state index is 5.57. The van der Waals surface area contributed by atoms with Gasteiger partial charge in [-0.3, -0.25) is 4.99 Å². The number of rotatable bonds is 6. The van der Waals surface area contributed by atoms with Crippen LogP contribution in [0.3, 0.4) is 0 Å². The van der Waals surface area contributed by atoms with Gasteiger partial charge in [0.25, 0.3) is 0 Å². The van der Waals surface area contributed by atoms with Crippen LogP contribution in [0.5, 0.6) is 0 Å². The van der Waals surface area contributed by atoms with Gasteiger partial charge in [-0.25, -0.2) is 0 Å². The van der Waals surface area contributed by atoms with Gasteiger partial charge in [-0.2, -0.15) is 11.8 Å². The molecule has 1 aromatic rings. The summed E-state index contributed by atoms with van der Waals surface area (Å²) >= 11 is 2.06. The van der Waals surface area contributed by atoms with Gasteiger partial charge >= 0.3 is 0 Å². The number of anilines is 1. The smallest absolute Gasteiger partial charge is 0.191 e. The Labute approximate surface area is 162 Å². The van der Waals surface area contributed by atoms with E-state index < -0.39 is 0 Å². The van der Waals surface area contributed by atoms with Crippen LogP contribution in [0.2, 0.25) is 0 Å². The van der Waals surface area contributed by atoms with Crippen molar-refractivity contribution in [1.29, 1.82) is 0 Å². The Morgan fingerprint density at radius 3 is 2.77 bits per heavy atom. The van der Waals surface area contributed by atoms with Crippen LogP contribution in [0.1, 0.15) is 26.2 Å². The highest BCUT2D eigenvalue weighted by Gasteiger charge is 2.33. The van der Waals surface area contributed by atoms with E-state index in [-0.39, 0.29) is 4.75 Å². The molecule has 2 aliphatic rings. The van der Waals surface area contributed by atoms with E-state index in [0.29, 0.717) is 6.04 Å². The van der Waals surface area contributed by atoms with Crippen molar-refractivity contribution in [2.75, 3.05) is 50.5 Å². The van der Waals surface area contributed by atoms with E-state index in [1.165, 1.54) is 5.69 Å². The Kier molecular flexibility index (Phi) is 7.08. The lowest BCUT2D eigenvalue weighted by Gasteiger charge is -2.37. The van der Waals surface area contributed by atoms with E-state index in [2.05, 4.69) is 69.5 Å². The van der Waals surface area contributed by atoms with Gasteiger partial charge in [0, 0.05) is 56.4 Å². The summed E-state index contributed by atoms with van der Waals surface area (Å²) < 4.78 is 5.85. The second kappa shape index (κ2) is 9.51. The maximum absolute atomic E-state index is 5.57. The number of ether oxygens (including phenoxy) is 1. The highest BCUT2D eigenvalue weighted by molar-refractivity contribution is 8.00. The number of nitrogens with zero attached hydrogens (tertiary/aromatic N) is 2. The lowest BCUT2D eigenvalue weighted by atomic mass is 9.99. The van der Waals surface area contributed by atoms with Gasteiger partial charge in [0.15, 0.2) is 5.96 Å². The van der Waals surface area contributed by atoms with Crippen LogP contribution in [0.15, 0.2) is 35.3 Å². The molecule has 2 saturated heterocycles. The molecule has 2 fully saturated rings. The van der Waals surface area contributed by atoms with Crippen molar-refractivity contribution in [3.63, 3.8) is 0 Å². The molecule has 26 heavy (non-hydrogen) atoms. The molecule has 0 bridgehead atoms. The predicted molar refractivity (Wildman–Crippen MR) is 112 cm³/mol. The summed E-state index contributed by atoms with van der Waals surface area (Å²) in [6, 6.07) is 11.1. The van der Waals surface area contributed by atoms with Gasteiger partial charge in [-0.1, -0.05) is 25.1 Å². The molecule has 2 aliphatic heterocycles. The van der Waals surface area contributed by atoms with E-state index in [1.54, 1.807) is 0 Å². The van der Waals surface area contributed by atoms with Crippen molar-refractivity contribution in [2.24, 2.45) is 4.99 Å². The molecular formula is C20H32N4OS. The number of hydrogen-bond acceptors (Lipinski definition) is 4. The fourth-order valence-corrected chi connectivity index (χ4v) is 5.05. The predicted octanol–water partition coefficient (Wildman–Crippen LogP) is 2.73. The van der Waals surface area contributed by atoms with Crippen LogP contribution in [0.4, 0.5) is 5.69 Å². The molecular weight excluding hydrogens is 344 g/mol. The van der Waals surface area contributed by atoms with Crippen LogP contribution in [0, 0.1) is 0 Å². The van der Waals surface area contributed by atoms with Crippen molar-refractivity contribution in [3.8, 4) is 0 Å². The molecule has 3 rings (SSSR count). The van der Waals surface area contributed by atoms with E-state index in [9.17, 15) is 0 Å². The molecule has 2 N–H and O–H groups in total. The Morgan fingerprint density at radius 1 is 1.31 bits per heavy atom.